The first kappa shape index (κ1) is 15.2. The maximum Gasteiger partial charge on any atom is 0.257 e. The van der Waals surface area contributed by atoms with Gasteiger partial charge in [0.05, 0.1) is 4.88 Å². The van der Waals surface area contributed by atoms with Crippen LogP contribution < -0.4 is 10.1 Å². The van der Waals surface area contributed by atoms with E-state index in [0.717, 1.165) is 4.88 Å². The van der Waals surface area contributed by atoms with Gasteiger partial charge in [-0.25, -0.2) is 0 Å². The molecule has 2 heterocycles. The van der Waals surface area contributed by atoms with Gasteiger partial charge in [-0.15, -0.1) is 21.5 Å². The molecule has 118 valence electrons. The fourth-order valence-corrected chi connectivity index (χ4v) is 2.52. The Bertz CT molecular complexity index is 741. The van der Waals surface area contributed by atoms with Crippen LogP contribution in [0.4, 0.5) is 0 Å². The number of amides is 1. The van der Waals surface area contributed by atoms with Gasteiger partial charge in [-0.3, -0.25) is 4.79 Å². The first-order valence-electron chi connectivity index (χ1n) is 7.12. The summed E-state index contributed by atoms with van der Waals surface area (Å²) in [7, 11) is 0. The molecule has 3 aromatic rings. The average Bonchev–Trinajstić information content (AvgIpc) is 3.25. The van der Waals surface area contributed by atoms with Crippen LogP contribution >= 0.6 is 11.3 Å². The molecule has 0 saturated carbocycles. The number of nitrogens with one attached hydrogen (secondary N) is 1. The molecule has 3 rings (SSSR count). The Morgan fingerprint density at radius 2 is 2.04 bits per heavy atom. The number of hydrogen-bond donors (Lipinski definition) is 1. The van der Waals surface area contributed by atoms with Crippen molar-refractivity contribution in [1.29, 1.82) is 0 Å². The van der Waals surface area contributed by atoms with Gasteiger partial charge in [0.1, 0.15) is 5.75 Å². The Morgan fingerprint density at radius 3 is 2.83 bits per heavy atom. The molecule has 2 aromatic heterocycles. The van der Waals surface area contributed by atoms with Gasteiger partial charge in [-0.05, 0) is 23.6 Å². The highest BCUT2D eigenvalue weighted by Crippen LogP contribution is 2.22. The van der Waals surface area contributed by atoms with Crippen LogP contribution in [0.5, 0.6) is 5.75 Å². The third-order valence-electron chi connectivity index (χ3n) is 2.97. The maximum atomic E-state index is 11.7. The van der Waals surface area contributed by atoms with E-state index in [-0.39, 0.29) is 12.5 Å². The fourth-order valence-electron chi connectivity index (χ4n) is 1.88. The van der Waals surface area contributed by atoms with Crippen LogP contribution in [0.2, 0.25) is 0 Å². The molecule has 0 bridgehead atoms. The Balaban J connectivity index is 1.40. The highest BCUT2D eigenvalue weighted by molar-refractivity contribution is 7.13. The van der Waals surface area contributed by atoms with Crippen molar-refractivity contribution >= 4 is 17.2 Å². The van der Waals surface area contributed by atoms with Crippen molar-refractivity contribution in [1.82, 2.24) is 15.5 Å². The zero-order chi connectivity index (χ0) is 15.9. The van der Waals surface area contributed by atoms with Gasteiger partial charge in [0, 0.05) is 13.0 Å². The predicted octanol–water partition coefficient (Wildman–Crippen LogP) is 2.54. The normalized spacial score (nSPS) is 10.4. The average molecular weight is 329 g/mol. The second-order valence-corrected chi connectivity index (χ2v) is 5.63. The van der Waals surface area contributed by atoms with Gasteiger partial charge in [0.15, 0.2) is 6.61 Å². The molecule has 1 N–H and O–H groups in total. The van der Waals surface area contributed by atoms with Crippen LogP contribution in [0.25, 0.3) is 10.8 Å². The van der Waals surface area contributed by atoms with Gasteiger partial charge in [0.2, 0.25) is 5.89 Å². The number of nitrogens with zero attached hydrogens (tertiary/aromatic N) is 2. The number of carbonyl (C=O) groups is 1. The number of ether oxygens (including phenoxy) is 1. The molecule has 0 aliphatic rings. The number of benzene rings is 1. The molecular weight excluding hydrogens is 314 g/mol. The lowest BCUT2D eigenvalue weighted by Gasteiger charge is -2.06. The van der Waals surface area contributed by atoms with E-state index in [1.54, 1.807) is 23.5 Å². The third kappa shape index (κ3) is 4.40. The lowest BCUT2D eigenvalue weighted by Crippen LogP contribution is -2.30. The number of aromatic nitrogens is 2. The quantitative estimate of drug-likeness (QED) is 0.721. The summed E-state index contributed by atoms with van der Waals surface area (Å²) in [5.41, 5.74) is 0. The molecule has 0 spiro atoms. The molecular formula is C16H15N3O3S. The van der Waals surface area contributed by atoms with E-state index in [2.05, 4.69) is 15.5 Å². The predicted molar refractivity (Wildman–Crippen MR) is 86.3 cm³/mol. The van der Waals surface area contributed by atoms with Crippen LogP contribution in [0.3, 0.4) is 0 Å². The first-order valence-corrected chi connectivity index (χ1v) is 8.00. The summed E-state index contributed by atoms with van der Waals surface area (Å²) in [5, 5.41) is 12.7. The summed E-state index contributed by atoms with van der Waals surface area (Å²) in [6.45, 7) is 0.400. The monoisotopic (exact) mass is 329 g/mol. The van der Waals surface area contributed by atoms with Crippen LogP contribution in [-0.2, 0) is 11.2 Å². The first-order chi connectivity index (χ1) is 11.3. The van der Waals surface area contributed by atoms with Crippen molar-refractivity contribution in [2.24, 2.45) is 0 Å². The number of rotatable bonds is 7. The zero-order valence-corrected chi connectivity index (χ0v) is 13.1. The van der Waals surface area contributed by atoms with Crippen molar-refractivity contribution < 1.29 is 13.9 Å². The zero-order valence-electron chi connectivity index (χ0n) is 12.3. The smallest absolute Gasteiger partial charge is 0.257 e. The molecule has 0 aliphatic carbocycles. The summed E-state index contributed by atoms with van der Waals surface area (Å²) < 4.78 is 10.9. The minimum absolute atomic E-state index is 0.0196. The maximum absolute atomic E-state index is 11.7. The number of carbonyl (C=O) groups excluding carboxylic acids is 1. The van der Waals surface area contributed by atoms with Gasteiger partial charge in [-0.2, -0.15) is 0 Å². The second-order valence-electron chi connectivity index (χ2n) is 4.68. The van der Waals surface area contributed by atoms with E-state index in [9.17, 15) is 4.79 Å². The van der Waals surface area contributed by atoms with E-state index < -0.39 is 0 Å². The van der Waals surface area contributed by atoms with Crippen molar-refractivity contribution in [2.45, 2.75) is 6.42 Å². The molecule has 7 heteroatoms. The molecule has 0 saturated heterocycles. The minimum Gasteiger partial charge on any atom is -0.484 e. The topological polar surface area (TPSA) is 77.2 Å². The van der Waals surface area contributed by atoms with Crippen LogP contribution in [-0.4, -0.2) is 29.3 Å². The van der Waals surface area contributed by atoms with Gasteiger partial charge in [-0.1, -0.05) is 24.3 Å². The Hall–Kier alpha value is -2.67. The number of hydrogen-bond acceptors (Lipinski definition) is 6. The summed E-state index contributed by atoms with van der Waals surface area (Å²) in [6, 6.07) is 13.1. The Labute approximate surface area is 137 Å². The molecule has 0 unspecified atom stereocenters. The van der Waals surface area contributed by atoms with Crippen LogP contribution in [0, 0.1) is 0 Å². The number of para-hydroxylation sites is 1. The highest BCUT2D eigenvalue weighted by Gasteiger charge is 2.09. The van der Waals surface area contributed by atoms with E-state index in [4.69, 9.17) is 9.15 Å². The molecule has 6 nitrogen and oxygen atoms in total. The summed E-state index contributed by atoms with van der Waals surface area (Å²) >= 11 is 1.54. The van der Waals surface area contributed by atoms with E-state index >= 15 is 0 Å². The highest BCUT2D eigenvalue weighted by atomic mass is 32.1. The van der Waals surface area contributed by atoms with Gasteiger partial charge >= 0.3 is 0 Å². The molecule has 0 atom stereocenters. The standard InChI is InChI=1S/C16H15N3O3S/c20-14(11-21-12-5-2-1-3-6-12)17-9-8-15-18-19-16(22-15)13-7-4-10-23-13/h1-7,10H,8-9,11H2,(H,17,20). The molecule has 1 aromatic carbocycles. The molecule has 23 heavy (non-hydrogen) atoms. The largest absolute Gasteiger partial charge is 0.484 e. The molecule has 0 radical (unpaired) electrons. The summed E-state index contributed by atoms with van der Waals surface area (Å²) in [5.74, 6) is 1.48. The fraction of sp³-hybridized carbons (Fsp3) is 0.188. The molecule has 1 amide bonds. The van der Waals surface area contributed by atoms with E-state index in [1.807, 2.05) is 35.7 Å². The lowest BCUT2D eigenvalue weighted by molar-refractivity contribution is -0.123. The van der Waals surface area contributed by atoms with Crippen LogP contribution in [0.1, 0.15) is 5.89 Å². The molecule has 0 aliphatic heterocycles. The van der Waals surface area contributed by atoms with Gasteiger partial charge < -0.3 is 14.5 Å². The minimum atomic E-state index is -0.188. The van der Waals surface area contributed by atoms with Crippen molar-refractivity contribution in [2.75, 3.05) is 13.2 Å². The SMILES string of the molecule is O=C(COc1ccccc1)NCCc1nnc(-c2cccs2)o1. The van der Waals surface area contributed by atoms with E-state index in [1.165, 1.54) is 0 Å². The van der Waals surface area contributed by atoms with E-state index in [0.29, 0.717) is 30.5 Å². The summed E-state index contributed by atoms with van der Waals surface area (Å²) in [6.07, 6.45) is 0.482. The van der Waals surface area contributed by atoms with Crippen molar-refractivity contribution in [3.05, 3.63) is 53.7 Å². The lowest BCUT2D eigenvalue weighted by atomic mass is 10.3. The van der Waals surface area contributed by atoms with Crippen molar-refractivity contribution in [3.63, 3.8) is 0 Å². The third-order valence-corrected chi connectivity index (χ3v) is 3.83. The van der Waals surface area contributed by atoms with Crippen molar-refractivity contribution in [3.8, 4) is 16.5 Å². The Kier molecular flexibility index (Phi) is 5.00. The summed E-state index contributed by atoms with van der Waals surface area (Å²) in [4.78, 5) is 12.6. The second kappa shape index (κ2) is 7.55. The Morgan fingerprint density at radius 1 is 1.17 bits per heavy atom. The van der Waals surface area contributed by atoms with Crippen LogP contribution in [0.15, 0.2) is 52.3 Å². The van der Waals surface area contributed by atoms with Gasteiger partial charge in [0.25, 0.3) is 11.8 Å². The molecule has 0 fully saturated rings. The number of thiophene rings is 1.